The minimum Gasteiger partial charge on any atom is -0.490 e. The molecule has 0 aliphatic carbocycles. The third-order valence-electron chi connectivity index (χ3n) is 2.22. The molecule has 0 spiro atoms. The molecule has 17 heavy (non-hydrogen) atoms. The van der Waals surface area contributed by atoms with Gasteiger partial charge in [0.15, 0.2) is 17.3 Å². The van der Waals surface area contributed by atoms with Crippen molar-refractivity contribution in [1.82, 2.24) is 0 Å². The Morgan fingerprint density at radius 2 is 2.18 bits per heavy atom. The van der Waals surface area contributed by atoms with Gasteiger partial charge in [0.2, 0.25) is 0 Å². The van der Waals surface area contributed by atoms with Crippen molar-refractivity contribution in [3.63, 3.8) is 0 Å². The summed E-state index contributed by atoms with van der Waals surface area (Å²) in [4.78, 5) is 10.8. The number of carboxylic acids is 1. The average Bonchev–Trinajstić information content (AvgIpc) is 2.28. The highest BCUT2D eigenvalue weighted by Gasteiger charge is 2.16. The number of rotatable bonds is 6. The van der Waals surface area contributed by atoms with Gasteiger partial charge in [0.05, 0.1) is 19.3 Å². The molecule has 0 radical (unpaired) electrons. The van der Waals surface area contributed by atoms with Crippen LogP contribution in [-0.4, -0.2) is 24.8 Å². The monoisotopic (exact) mass is 242 g/mol. The van der Waals surface area contributed by atoms with Crippen LogP contribution in [0.25, 0.3) is 0 Å². The van der Waals surface area contributed by atoms with Gasteiger partial charge >= 0.3 is 5.97 Å². The summed E-state index contributed by atoms with van der Waals surface area (Å²) < 4.78 is 23.7. The fourth-order valence-electron chi connectivity index (χ4n) is 1.32. The third kappa shape index (κ3) is 3.34. The number of carboxylic acid groups (broad SMARTS) is 1. The van der Waals surface area contributed by atoms with E-state index in [2.05, 4.69) is 0 Å². The van der Waals surface area contributed by atoms with Gasteiger partial charge in [0.25, 0.3) is 0 Å². The van der Waals surface area contributed by atoms with Crippen LogP contribution < -0.4 is 9.47 Å². The molecule has 0 atom stereocenters. The molecule has 0 saturated carbocycles. The minimum absolute atomic E-state index is 0.0638. The Morgan fingerprint density at radius 1 is 1.47 bits per heavy atom. The summed E-state index contributed by atoms with van der Waals surface area (Å²) in [5, 5.41) is 8.81. The zero-order chi connectivity index (χ0) is 12.8. The Morgan fingerprint density at radius 3 is 2.71 bits per heavy atom. The molecule has 0 amide bonds. The van der Waals surface area contributed by atoms with Crippen molar-refractivity contribution in [1.29, 1.82) is 0 Å². The maximum absolute atomic E-state index is 13.5. The fourth-order valence-corrected chi connectivity index (χ4v) is 1.32. The van der Waals surface area contributed by atoms with Crippen molar-refractivity contribution in [2.45, 2.75) is 19.8 Å². The first kappa shape index (κ1) is 13.3. The largest absolute Gasteiger partial charge is 0.490 e. The van der Waals surface area contributed by atoms with Gasteiger partial charge in [-0.25, -0.2) is 9.18 Å². The lowest BCUT2D eigenvalue weighted by atomic mass is 10.2. The summed E-state index contributed by atoms with van der Waals surface area (Å²) in [5.74, 6) is -1.88. The topological polar surface area (TPSA) is 55.8 Å². The molecule has 0 aliphatic heterocycles. The number of ether oxygens (including phenoxy) is 2. The van der Waals surface area contributed by atoms with E-state index in [-0.39, 0.29) is 17.1 Å². The molecular formula is C12H15FO4. The number of unbranched alkanes of at least 4 members (excludes halogenated alkanes) is 1. The number of benzene rings is 1. The zero-order valence-electron chi connectivity index (χ0n) is 9.83. The van der Waals surface area contributed by atoms with Crippen molar-refractivity contribution < 1.29 is 23.8 Å². The Bertz CT molecular complexity index is 404. The summed E-state index contributed by atoms with van der Waals surface area (Å²) in [6.07, 6.45) is 1.74. The van der Waals surface area contributed by atoms with Crippen LogP contribution in [0.15, 0.2) is 12.1 Å². The molecule has 0 aromatic heterocycles. The number of hydrogen-bond acceptors (Lipinski definition) is 3. The summed E-state index contributed by atoms with van der Waals surface area (Å²) in [5.41, 5.74) is -0.158. The Balaban J connectivity index is 3.01. The predicted octanol–water partition coefficient (Wildman–Crippen LogP) is 2.71. The molecule has 1 aromatic rings. The van der Waals surface area contributed by atoms with Gasteiger partial charge in [0, 0.05) is 0 Å². The molecule has 5 heteroatoms. The van der Waals surface area contributed by atoms with Crippen LogP contribution in [0.5, 0.6) is 11.5 Å². The SMILES string of the molecule is CCCCOc1cc(C(=O)O)cc(F)c1OC. The fraction of sp³-hybridized carbons (Fsp3) is 0.417. The number of methoxy groups -OCH3 is 1. The molecule has 0 bridgehead atoms. The van der Waals surface area contributed by atoms with E-state index >= 15 is 0 Å². The lowest BCUT2D eigenvalue weighted by Gasteiger charge is -2.11. The van der Waals surface area contributed by atoms with Gasteiger partial charge in [-0.1, -0.05) is 13.3 Å². The first-order chi connectivity index (χ1) is 8.10. The highest BCUT2D eigenvalue weighted by atomic mass is 19.1. The van der Waals surface area contributed by atoms with E-state index < -0.39 is 11.8 Å². The first-order valence-corrected chi connectivity index (χ1v) is 5.33. The predicted molar refractivity (Wildman–Crippen MR) is 60.3 cm³/mol. The van der Waals surface area contributed by atoms with Crippen LogP contribution in [0.3, 0.4) is 0 Å². The standard InChI is InChI=1S/C12H15FO4/c1-3-4-5-17-10-7-8(12(14)15)6-9(13)11(10)16-2/h6-7H,3-5H2,1-2H3,(H,14,15). The highest BCUT2D eigenvalue weighted by Crippen LogP contribution is 2.31. The van der Waals surface area contributed by atoms with Gasteiger partial charge in [-0.2, -0.15) is 0 Å². The molecule has 1 N–H and O–H groups in total. The zero-order valence-corrected chi connectivity index (χ0v) is 9.83. The van der Waals surface area contributed by atoms with Gasteiger partial charge in [0.1, 0.15) is 0 Å². The van der Waals surface area contributed by atoms with E-state index in [1.54, 1.807) is 0 Å². The number of carbonyl (C=O) groups is 1. The number of aromatic carboxylic acids is 1. The second kappa shape index (κ2) is 6.08. The van der Waals surface area contributed by atoms with E-state index in [1.165, 1.54) is 13.2 Å². The lowest BCUT2D eigenvalue weighted by molar-refractivity contribution is 0.0695. The van der Waals surface area contributed by atoms with Crippen molar-refractivity contribution in [3.8, 4) is 11.5 Å². The Kier molecular flexibility index (Phi) is 4.75. The number of halogens is 1. The smallest absolute Gasteiger partial charge is 0.335 e. The number of hydrogen-bond donors (Lipinski definition) is 1. The second-order valence-corrected chi connectivity index (χ2v) is 3.50. The highest BCUT2D eigenvalue weighted by molar-refractivity contribution is 5.88. The Labute approximate surface area is 99.0 Å². The molecule has 1 aromatic carbocycles. The minimum atomic E-state index is -1.20. The summed E-state index contributed by atoms with van der Waals surface area (Å²) in [7, 11) is 1.31. The van der Waals surface area contributed by atoms with Crippen molar-refractivity contribution in [2.75, 3.05) is 13.7 Å². The van der Waals surface area contributed by atoms with E-state index in [4.69, 9.17) is 14.6 Å². The van der Waals surface area contributed by atoms with E-state index in [0.29, 0.717) is 6.61 Å². The summed E-state index contributed by atoms with van der Waals surface area (Å²) in [6.45, 7) is 2.39. The molecule has 0 fully saturated rings. The normalized spacial score (nSPS) is 10.1. The summed E-state index contributed by atoms with van der Waals surface area (Å²) in [6, 6.07) is 2.17. The molecule has 94 valence electrons. The van der Waals surface area contributed by atoms with Crippen LogP contribution in [0.1, 0.15) is 30.1 Å². The van der Waals surface area contributed by atoms with Gasteiger partial charge in [-0.05, 0) is 18.6 Å². The van der Waals surface area contributed by atoms with Crippen molar-refractivity contribution in [3.05, 3.63) is 23.5 Å². The van der Waals surface area contributed by atoms with Gasteiger partial charge < -0.3 is 14.6 Å². The first-order valence-electron chi connectivity index (χ1n) is 5.33. The van der Waals surface area contributed by atoms with E-state index in [1.807, 2.05) is 6.92 Å². The molecule has 4 nitrogen and oxygen atoms in total. The maximum atomic E-state index is 13.5. The second-order valence-electron chi connectivity index (χ2n) is 3.50. The molecule has 0 saturated heterocycles. The molecule has 0 heterocycles. The molecular weight excluding hydrogens is 227 g/mol. The van der Waals surface area contributed by atoms with Crippen molar-refractivity contribution >= 4 is 5.97 Å². The average molecular weight is 242 g/mol. The molecule has 0 aliphatic rings. The van der Waals surface area contributed by atoms with Crippen LogP contribution in [-0.2, 0) is 0 Å². The lowest BCUT2D eigenvalue weighted by Crippen LogP contribution is -2.04. The van der Waals surface area contributed by atoms with Crippen LogP contribution in [0.4, 0.5) is 4.39 Å². The van der Waals surface area contributed by atoms with Crippen molar-refractivity contribution in [2.24, 2.45) is 0 Å². The maximum Gasteiger partial charge on any atom is 0.335 e. The van der Waals surface area contributed by atoms with Crippen LogP contribution in [0.2, 0.25) is 0 Å². The van der Waals surface area contributed by atoms with Crippen LogP contribution >= 0.6 is 0 Å². The third-order valence-corrected chi connectivity index (χ3v) is 2.22. The molecule has 0 unspecified atom stereocenters. The van der Waals surface area contributed by atoms with Crippen LogP contribution in [0, 0.1) is 5.82 Å². The van der Waals surface area contributed by atoms with E-state index in [0.717, 1.165) is 18.9 Å². The summed E-state index contributed by atoms with van der Waals surface area (Å²) >= 11 is 0. The van der Waals surface area contributed by atoms with Gasteiger partial charge in [-0.3, -0.25) is 0 Å². The molecule has 1 rings (SSSR count). The Hall–Kier alpha value is -1.78. The quantitative estimate of drug-likeness (QED) is 0.779. The van der Waals surface area contributed by atoms with Gasteiger partial charge in [-0.15, -0.1) is 0 Å². The van der Waals surface area contributed by atoms with E-state index in [9.17, 15) is 9.18 Å².